The first-order valence-electron chi connectivity index (χ1n) is 9.21. The van der Waals surface area contributed by atoms with Gasteiger partial charge in [-0.15, -0.1) is 0 Å². The molecule has 0 saturated carbocycles. The molecule has 2 amide bonds. The van der Waals surface area contributed by atoms with Crippen molar-refractivity contribution in [3.8, 4) is 0 Å². The van der Waals surface area contributed by atoms with Crippen molar-refractivity contribution in [1.82, 2.24) is 24.1 Å². The molecule has 2 saturated heterocycles. The highest BCUT2D eigenvalue weighted by molar-refractivity contribution is 5.80. The molecular weight excluding hydrogens is 322 g/mol. The van der Waals surface area contributed by atoms with Crippen molar-refractivity contribution in [3.63, 3.8) is 0 Å². The van der Waals surface area contributed by atoms with Crippen LogP contribution in [0.25, 0.3) is 0 Å². The number of aromatic nitrogens is 3. The lowest BCUT2D eigenvalue weighted by Crippen LogP contribution is -2.46. The number of hydrogen-bond acceptors (Lipinski definition) is 4. The third-order valence-corrected chi connectivity index (χ3v) is 5.31. The van der Waals surface area contributed by atoms with Gasteiger partial charge >= 0.3 is 5.69 Å². The van der Waals surface area contributed by atoms with Gasteiger partial charge in [0.25, 0.3) is 0 Å². The van der Waals surface area contributed by atoms with Crippen molar-refractivity contribution in [3.05, 3.63) is 16.8 Å². The van der Waals surface area contributed by atoms with E-state index in [0.29, 0.717) is 25.9 Å². The van der Waals surface area contributed by atoms with Crippen LogP contribution in [-0.2, 0) is 23.2 Å². The average Bonchev–Trinajstić information content (AvgIpc) is 2.85. The van der Waals surface area contributed by atoms with E-state index in [0.717, 1.165) is 25.9 Å². The van der Waals surface area contributed by atoms with E-state index < -0.39 is 0 Å². The van der Waals surface area contributed by atoms with E-state index in [-0.39, 0.29) is 30.0 Å². The van der Waals surface area contributed by atoms with E-state index in [9.17, 15) is 14.4 Å². The van der Waals surface area contributed by atoms with E-state index in [1.54, 1.807) is 11.9 Å². The van der Waals surface area contributed by atoms with Gasteiger partial charge in [-0.3, -0.25) is 14.2 Å². The summed E-state index contributed by atoms with van der Waals surface area (Å²) in [7, 11) is 1.56. The summed E-state index contributed by atoms with van der Waals surface area (Å²) >= 11 is 0. The fourth-order valence-electron chi connectivity index (χ4n) is 3.70. The molecule has 2 aliphatic rings. The highest BCUT2D eigenvalue weighted by atomic mass is 16.2. The highest BCUT2D eigenvalue weighted by Gasteiger charge is 2.30. The topological polar surface area (TPSA) is 80.4 Å². The lowest BCUT2D eigenvalue weighted by atomic mass is 9.95. The van der Waals surface area contributed by atoms with Crippen molar-refractivity contribution in [2.45, 2.75) is 45.1 Å². The number of carbonyl (C=O) groups is 2. The van der Waals surface area contributed by atoms with Crippen molar-refractivity contribution < 1.29 is 9.59 Å². The van der Waals surface area contributed by atoms with Crippen LogP contribution in [0.3, 0.4) is 0 Å². The minimum absolute atomic E-state index is 0.0113. The molecule has 8 heteroatoms. The van der Waals surface area contributed by atoms with Crippen LogP contribution < -0.4 is 5.69 Å². The van der Waals surface area contributed by atoms with Crippen LogP contribution in [0.4, 0.5) is 0 Å². The average molecular weight is 349 g/mol. The zero-order valence-electron chi connectivity index (χ0n) is 14.9. The Bertz CT molecular complexity index is 664. The van der Waals surface area contributed by atoms with Crippen molar-refractivity contribution in [2.75, 3.05) is 26.2 Å². The van der Waals surface area contributed by atoms with Crippen LogP contribution in [0.15, 0.2) is 11.1 Å². The predicted octanol–water partition coefficient (Wildman–Crippen LogP) is 0.223. The minimum atomic E-state index is -0.292. The Kier molecular flexibility index (Phi) is 5.55. The van der Waals surface area contributed by atoms with Crippen molar-refractivity contribution in [2.24, 2.45) is 13.0 Å². The molecule has 1 aromatic rings. The third-order valence-electron chi connectivity index (χ3n) is 5.31. The van der Waals surface area contributed by atoms with E-state index in [1.165, 1.54) is 28.4 Å². The van der Waals surface area contributed by atoms with Gasteiger partial charge in [0.2, 0.25) is 11.8 Å². The molecule has 0 N–H and O–H groups in total. The van der Waals surface area contributed by atoms with E-state index in [2.05, 4.69) is 5.10 Å². The summed E-state index contributed by atoms with van der Waals surface area (Å²) in [6, 6.07) is 0. The van der Waals surface area contributed by atoms with Crippen LogP contribution in [0.1, 0.15) is 38.5 Å². The Morgan fingerprint density at radius 3 is 2.24 bits per heavy atom. The lowest BCUT2D eigenvalue weighted by Gasteiger charge is -2.34. The molecule has 25 heavy (non-hydrogen) atoms. The van der Waals surface area contributed by atoms with Gasteiger partial charge < -0.3 is 9.80 Å². The van der Waals surface area contributed by atoms with Gasteiger partial charge in [0.05, 0.1) is 0 Å². The van der Waals surface area contributed by atoms with Gasteiger partial charge in [-0.1, -0.05) is 12.8 Å². The summed E-state index contributed by atoms with van der Waals surface area (Å²) < 4.78 is 2.52. The first-order chi connectivity index (χ1) is 12.1. The Labute approximate surface area is 147 Å². The number of rotatable bonds is 3. The normalized spacial score (nSPS) is 19.7. The summed E-state index contributed by atoms with van der Waals surface area (Å²) in [4.78, 5) is 40.6. The molecule has 0 atom stereocenters. The number of nitrogens with zero attached hydrogens (tertiary/aromatic N) is 5. The zero-order chi connectivity index (χ0) is 17.8. The maximum atomic E-state index is 12.7. The Morgan fingerprint density at radius 1 is 1.04 bits per heavy atom. The molecule has 0 spiro atoms. The zero-order valence-corrected chi connectivity index (χ0v) is 14.9. The minimum Gasteiger partial charge on any atom is -0.342 e. The monoisotopic (exact) mass is 349 g/mol. The van der Waals surface area contributed by atoms with Gasteiger partial charge in [0.15, 0.2) is 0 Å². The van der Waals surface area contributed by atoms with Crippen molar-refractivity contribution in [1.29, 1.82) is 0 Å². The SMILES string of the molecule is Cn1ncn(CC(=O)N2CCC(C(=O)N3CCCCCC3)CC2)c1=O. The first-order valence-corrected chi connectivity index (χ1v) is 9.21. The maximum absolute atomic E-state index is 12.7. The number of piperidine rings is 1. The standard InChI is InChI=1S/C17H27N5O3/c1-19-17(25)22(13-18-19)12-15(23)20-10-6-14(7-11-20)16(24)21-8-4-2-3-5-9-21/h13-14H,2-12H2,1H3. The number of carbonyl (C=O) groups excluding carboxylic acids is 2. The molecule has 0 unspecified atom stereocenters. The second-order valence-corrected chi connectivity index (χ2v) is 7.06. The van der Waals surface area contributed by atoms with Gasteiger partial charge in [-0.2, -0.15) is 5.10 Å². The van der Waals surface area contributed by atoms with Crippen LogP contribution in [0.5, 0.6) is 0 Å². The van der Waals surface area contributed by atoms with E-state index in [4.69, 9.17) is 0 Å². The predicted molar refractivity (Wildman–Crippen MR) is 91.8 cm³/mol. The second-order valence-electron chi connectivity index (χ2n) is 7.06. The number of hydrogen-bond donors (Lipinski definition) is 0. The Hall–Kier alpha value is -2.12. The number of aryl methyl sites for hydroxylation is 1. The highest BCUT2D eigenvalue weighted by Crippen LogP contribution is 2.22. The van der Waals surface area contributed by atoms with Gasteiger partial charge in [0.1, 0.15) is 12.9 Å². The smallest absolute Gasteiger partial charge is 0.342 e. The quantitative estimate of drug-likeness (QED) is 0.782. The van der Waals surface area contributed by atoms with E-state index in [1.807, 2.05) is 4.90 Å². The number of likely N-dealkylation sites (tertiary alicyclic amines) is 2. The second kappa shape index (κ2) is 7.84. The maximum Gasteiger partial charge on any atom is 0.345 e. The molecule has 8 nitrogen and oxygen atoms in total. The third kappa shape index (κ3) is 4.11. The molecule has 3 heterocycles. The van der Waals surface area contributed by atoms with Gasteiger partial charge in [-0.25, -0.2) is 9.48 Å². The Balaban J connectivity index is 1.51. The van der Waals surface area contributed by atoms with Crippen LogP contribution in [0, 0.1) is 5.92 Å². The molecule has 1 aromatic heterocycles. The molecule has 3 rings (SSSR count). The van der Waals surface area contributed by atoms with Gasteiger partial charge in [0, 0.05) is 39.1 Å². The largest absolute Gasteiger partial charge is 0.345 e. The summed E-state index contributed by atoms with van der Waals surface area (Å²) in [5, 5.41) is 3.86. The van der Waals surface area contributed by atoms with Crippen LogP contribution in [-0.4, -0.2) is 62.1 Å². The molecule has 0 aromatic carbocycles. The van der Waals surface area contributed by atoms with Gasteiger partial charge in [-0.05, 0) is 25.7 Å². The van der Waals surface area contributed by atoms with Crippen LogP contribution in [0.2, 0.25) is 0 Å². The summed E-state index contributed by atoms with van der Waals surface area (Å²) in [5.74, 6) is 0.205. The number of amides is 2. The molecule has 138 valence electrons. The fraction of sp³-hybridized carbons (Fsp3) is 0.765. The summed E-state index contributed by atoms with van der Waals surface area (Å²) in [6.07, 6.45) is 7.43. The first kappa shape index (κ1) is 17.7. The van der Waals surface area contributed by atoms with E-state index >= 15 is 0 Å². The summed E-state index contributed by atoms with van der Waals surface area (Å²) in [6.45, 7) is 2.93. The van der Waals surface area contributed by atoms with Crippen molar-refractivity contribution >= 4 is 11.8 Å². The fourth-order valence-corrected chi connectivity index (χ4v) is 3.70. The molecule has 0 bridgehead atoms. The Morgan fingerprint density at radius 2 is 1.68 bits per heavy atom. The molecular formula is C17H27N5O3. The lowest BCUT2D eigenvalue weighted by molar-refractivity contribution is -0.141. The summed E-state index contributed by atoms with van der Waals surface area (Å²) in [5.41, 5.74) is -0.292. The van der Waals surface area contributed by atoms with Crippen LogP contribution >= 0.6 is 0 Å². The molecule has 2 aliphatic heterocycles. The molecule has 0 aliphatic carbocycles. The molecule has 2 fully saturated rings. The molecule has 0 radical (unpaired) electrons.